The van der Waals surface area contributed by atoms with Crippen molar-refractivity contribution in [1.82, 2.24) is 0 Å². The number of hydrogen-bond acceptors (Lipinski definition) is 7. The zero-order chi connectivity index (χ0) is 65.9. The summed E-state index contributed by atoms with van der Waals surface area (Å²) in [5, 5.41) is 0. The zero-order valence-corrected chi connectivity index (χ0v) is 39.1. The van der Waals surface area contributed by atoms with Gasteiger partial charge in [-0.25, -0.2) is 8.78 Å². The first-order valence-electron chi connectivity index (χ1n) is 21.0. The average Bonchev–Trinajstić information content (AvgIpc) is 1.74. The number of hydrogen-bond donors (Lipinski definition) is 0. The first-order chi connectivity index (χ1) is 36.9. The van der Waals surface area contributed by atoms with Gasteiger partial charge in [-0.05, 0) is 25.7 Å². The van der Waals surface area contributed by atoms with Crippen LogP contribution in [-0.4, -0.2) is 125 Å². The van der Waals surface area contributed by atoms with Crippen LogP contribution in [-0.2, 0) is 33.3 Å². The number of rotatable bonds is 18. The number of carbonyl (C=O) groups excluding carboxylic acids is 3. The molecular formula is C41H27F35O7. The van der Waals surface area contributed by atoms with Crippen LogP contribution in [0.4, 0.5) is 154 Å². The van der Waals surface area contributed by atoms with Crippen LogP contribution in [0.5, 0.6) is 0 Å². The van der Waals surface area contributed by atoms with Gasteiger partial charge in [0.05, 0.1) is 6.61 Å². The third kappa shape index (κ3) is 11.0. The number of fused-ring (bicyclic) bond motifs is 2. The number of allylic oxidation sites excluding steroid dienone is 6. The Kier molecular flexibility index (Phi) is 20.6. The fraction of sp³-hybridized carbons (Fsp3) is 0.634. The molecule has 0 aromatic rings. The highest BCUT2D eigenvalue weighted by atomic mass is 19.4. The Hall–Kier alpha value is -5.64. The standard InChI is InChI=1S/C15H7F15O2.C14H7F15O2.C12H13F5O3/c1-2-3-4(9(19,20)5(16)6(17)18)7(31)32-8-10(21)13(25,26)12(24,11(8,22)23)15(29,30)14(10,27)28;1-2-3-4(9(18,19)5(15)6(16)17)7(30)31-8-10(20,21)12(24,25)14(28,29)13(26,27)11(8,22)23;1-2-4-7(12(16,17)9(13)10(14)15)11(18)20-8-5-3-6-19-8/h2,4,8H,1,3H2;2,4,8H,1,3H2;2,7-8H,1,3-6H2. The quantitative estimate of drug-likeness (QED) is 0.0585. The molecule has 7 unspecified atom stereocenters. The summed E-state index contributed by atoms with van der Waals surface area (Å²) in [7, 11) is 0. The number of ether oxygens (including phenoxy) is 4. The molecule has 83 heavy (non-hydrogen) atoms. The van der Waals surface area contributed by atoms with Gasteiger partial charge in [0.15, 0.2) is 0 Å². The van der Waals surface area contributed by atoms with Gasteiger partial charge in [-0.3, -0.25) is 14.4 Å². The molecule has 4 fully saturated rings. The summed E-state index contributed by atoms with van der Waals surface area (Å²) in [6.07, 6.45) is -24.3. The molecule has 3 aliphatic carbocycles. The molecule has 1 aliphatic heterocycles. The van der Waals surface area contributed by atoms with Gasteiger partial charge < -0.3 is 18.9 Å². The largest absolute Gasteiger partial charge is 0.451 e. The summed E-state index contributed by atoms with van der Waals surface area (Å²) < 4.78 is 482. The highest BCUT2D eigenvalue weighted by Gasteiger charge is 3.13. The predicted molar refractivity (Wildman–Crippen MR) is 198 cm³/mol. The van der Waals surface area contributed by atoms with Crippen LogP contribution in [0.25, 0.3) is 0 Å². The second-order valence-electron chi connectivity index (χ2n) is 17.0. The highest BCUT2D eigenvalue weighted by Crippen LogP contribution is 2.80. The van der Waals surface area contributed by atoms with E-state index in [1.54, 1.807) is 0 Å². The maximum Gasteiger partial charge on any atom is 0.384 e. The molecule has 0 aromatic heterocycles. The van der Waals surface area contributed by atoms with Gasteiger partial charge in [0.2, 0.25) is 36.0 Å². The Morgan fingerprint density at radius 1 is 0.434 bits per heavy atom. The molecule has 3 saturated carbocycles. The summed E-state index contributed by atoms with van der Waals surface area (Å²) in [5.74, 6) is -108. The summed E-state index contributed by atoms with van der Waals surface area (Å²) in [6.45, 7) is 8.80. The van der Waals surface area contributed by atoms with Crippen molar-refractivity contribution in [2.24, 2.45) is 17.8 Å². The van der Waals surface area contributed by atoms with Gasteiger partial charge in [-0.1, -0.05) is 18.2 Å². The minimum Gasteiger partial charge on any atom is -0.451 e. The lowest BCUT2D eigenvalue weighted by Gasteiger charge is -2.49. The Labute approximate surface area is 436 Å². The fourth-order valence-electron chi connectivity index (χ4n) is 7.51. The molecule has 0 amide bonds. The Bertz CT molecular complexity index is 2530. The van der Waals surface area contributed by atoms with Crippen LogP contribution in [0, 0.1) is 17.8 Å². The Morgan fingerprint density at radius 2 is 0.735 bits per heavy atom. The van der Waals surface area contributed by atoms with Gasteiger partial charge in [0.1, 0.15) is 17.8 Å². The van der Waals surface area contributed by atoms with E-state index in [0.29, 0.717) is 19.4 Å². The van der Waals surface area contributed by atoms with E-state index in [9.17, 15) is 168 Å². The molecule has 42 heteroatoms. The molecule has 1 heterocycles. The zero-order valence-electron chi connectivity index (χ0n) is 39.1. The van der Waals surface area contributed by atoms with Gasteiger partial charge in [-0.15, -0.1) is 19.7 Å². The molecule has 7 nitrogen and oxygen atoms in total. The van der Waals surface area contributed by atoms with Crippen LogP contribution in [0.1, 0.15) is 32.1 Å². The van der Waals surface area contributed by atoms with E-state index in [-0.39, 0.29) is 12.2 Å². The fourth-order valence-corrected chi connectivity index (χ4v) is 7.51. The highest BCUT2D eigenvalue weighted by molar-refractivity contribution is 5.76. The van der Waals surface area contributed by atoms with Gasteiger partial charge in [0, 0.05) is 6.42 Å². The molecule has 478 valence electrons. The Morgan fingerprint density at radius 3 is 1.00 bits per heavy atom. The summed E-state index contributed by atoms with van der Waals surface area (Å²) in [6, 6.07) is 0. The van der Waals surface area contributed by atoms with E-state index in [0.717, 1.165) is 6.08 Å². The third-order valence-electron chi connectivity index (χ3n) is 12.0. The van der Waals surface area contributed by atoms with Crippen LogP contribution < -0.4 is 0 Å². The van der Waals surface area contributed by atoms with Crippen LogP contribution >= 0.6 is 0 Å². The first kappa shape index (κ1) is 73.5. The lowest BCUT2D eigenvalue weighted by molar-refractivity contribution is -0.469. The van der Waals surface area contributed by atoms with E-state index < -0.39 is 192 Å². The molecular weight excluding hydrogens is 1270 g/mol. The third-order valence-corrected chi connectivity index (χ3v) is 12.0. The van der Waals surface area contributed by atoms with E-state index in [2.05, 4.69) is 33.9 Å². The SMILES string of the molecule is C=CCC(C(=O)OC1C(F)(F)C(F)(F)C(F)(F)C(F)(F)C1(F)F)C(F)(F)C(F)=C(F)F.C=CCC(C(=O)OC1C(F)(F)C2(F)C(F)(F)C(F)(F)C1(F)C2(F)F)C(F)(F)C(F)=C(F)F.C=CCC(C(=O)OC1CCCO1)C(F)(F)C(F)=C(F)F. The smallest absolute Gasteiger partial charge is 0.384 e. The molecule has 7 atom stereocenters. The lowest BCUT2D eigenvalue weighted by Crippen LogP contribution is -2.80. The number of alkyl halides is 26. The van der Waals surface area contributed by atoms with E-state index >= 15 is 0 Å². The number of carbonyl (C=O) groups is 3. The second-order valence-corrected chi connectivity index (χ2v) is 17.0. The molecule has 0 spiro atoms. The van der Waals surface area contributed by atoms with Crippen LogP contribution in [0.3, 0.4) is 0 Å². The number of halogens is 35. The molecule has 1 saturated heterocycles. The monoisotopic (exact) mass is 1300 g/mol. The van der Waals surface area contributed by atoms with Crippen molar-refractivity contribution in [3.63, 3.8) is 0 Å². The maximum atomic E-state index is 14.5. The van der Waals surface area contributed by atoms with Gasteiger partial charge in [0.25, 0.3) is 5.67 Å². The minimum absolute atomic E-state index is 0.178. The van der Waals surface area contributed by atoms with Crippen molar-refractivity contribution in [3.05, 3.63) is 73.7 Å². The van der Waals surface area contributed by atoms with Crippen molar-refractivity contribution in [3.8, 4) is 0 Å². The Balaban J connectivity index is 0.000000437. The molecule has 0 N–H and O–H groups in total. The van der Waals surface area contributed by atoms with Crippen molar-refractivity contribution in [2.75, 3.05) is 6.61 Å². The van der Waals surface area contributed by atoms with Gasteiger partial charge >= 0.3 is 113 Å². The molecule has 0 radical (unpaired) electrons. The van der Waals surface area contributed by atoms with Crippen LogP contribution in [0.15, 0.2) is 73.7 Å². The van der Waals surface area contributed by atoms with Crippen molar-refractivity contribution >= 4 is 17.9 Å². The topological polar surface area (TPSA) is 88.1 Å². The average molecular weight is 1300 g/mol. The summed E-state index contributed by atoms with van der Waals surface area (Å²) >= 11 is 0. The molecule has 2 bridgehead atoms. The summed E-state index contributed by atoms with van der Waals surface area (Å²) in [4.78, 5) is 35.0. The van der Waals surface area contributed by atoms with E-state index in [1.165, 1.54) is 0 Å². The van der Waals surface area contributed by atoms with E-state index in [1.807, 2.05) is 0 Å². The number of esters is 3. The summed E-state index contributed by atoms with van der Waals surface area (Å²) in [5.41, 5.74) is -13.7. The minimum atomic E-state index is -7.42. The first-order valence-corrected chi connectivity index (χ1v) is 21.0. The van der Waals surface area contributed by atoms with Crippen molar-refractivity contribution < 1.29 is 187 Å². The molecule has 4 rings (SSSR count). The predicted octanol–water partition coefficient (Wildman–Crippen LogP) is 15.4. The second kappa shape index (κ2) is 23.3. The van der Waals surface area contributed by atoms with Crippen molar-refractivity contribution in [2.45, 2.75) is 133 Å². The van der Waals surface area contributed by atoms with Crippen LogP contribution in [0.2, 0.25) is 0 Å². The maximum absolute atomic E-state index is 14.5. The lowest BCUT2D eigenvalue weighted by atomic mass is 9.80. The van der Waals surface area contributed by atoms with Gasteiger partial charge in [-0.2, -0.15) is 145 Å². The normalized spacial score (nSPS) is 27.5. The van der Waals surface area contributed by atoms with Crippen molar-refractivity contribution in [1.29, 1.82) is 0 Å². The molecule has 0 aromatic carbocycles. The molecule has 4 aliphatic rings. The van der Waals surface area contributed by atoms with E-state index in [4.69, 9.17) is 4.74 Å².